The Morgan fingerprint density at radius 1 is 0.419 bits per heavy atom. The minimum absolute atomic E-state index is 0.0385. The first kappa shape index (κ1) is 39.9. The van der Waals surface area contributed by atoms with E-state index in [2.05, 4.69) is 242 Å². The fourth-order valence-electron chi connectivity index (χ4n) is 9.97. The van der Waals surface area contributed by atoms with Crippen LogP contribution in [0.15, 0.2) is 152 Å². The van der Waals surface area contributed by atoms with Crippen LogP contribution in [0.1, 0.15) is 90.1 Å². The average molecular weight is 808 g/mol. The molecule has 0 saturated carbocycles. The number of anilines is 6. The van der Waals surface area contributed by atoms with E-state index in [1.165, 1.54) is 94.8 Å². The lowest BCUT2D eigenvalue weighted by molar-refractivity contribution is 0.590. The second kappa shape index (κ2) is 14.1. The molecular formula is C58H58BN3. The van der Waals surface area contributed by atoms with Crippen LogP contribution < -0.4 is 26.2 Å². The van der Waals surface area contributed by atoms with Crippen LogP contribution in [0.5, 0.6) is 0 Å². The van der Waals surface area contributed by atoms with E-state index in [1.54, 1.807) is 0 Å². The van der Waals surface area contributed by atoms with Crippen molar-refractivity contribution < 1.29 is 0 Å². The van der Waals surface area contributed by atoms with Gasteiger partial charge in [0.1, 0.15) is 5.82 Å². The molecule has 8 aromatic rings. The molecule has 3 nitrogen and oxygen atoms in total. The van der Waals surface area contributed by atoms with Gasteiger partial charge in [-0.15, -0.1) is 0 Å². The fourth-order valence-corrected chi connectivity index (χ4v) is 9.97. The number of aromatic nitrogens is 1. The molecule has 0 radical (unpaired) electrons. The number of nitrogens with zero attached hydrogens (tertiary/aromatic N) is 3. The maximum absolute atomic E-state index is 2.62. The first-order chi connectivity index (χ1) is 29.5. The van der Waals surface area contributed by atoms with Crippen molar-refractivity contribution in [3.05, 3.63) is 179 Å². The zero-order valence-electron chi connectivity index (χ0n) is 38.4. The molecule has 0 aliphatic carbocycles. The minimum atomic E-state index is -0.0431. The van der Waals surface area contributed by atoms with Gasteiger partial charge in [0.15, 0.2) is 0 Å². The molecule has 3 heterocycles. The SMILES string of the molecule is Cc1ccc(-c2ccccc2N2c3cc(C)cc4c3B(c3cc(C(C)(C)C)ccc3N4c3ccc(C(C)(C)C)cc3)c3c2n(-c2ccccc2)c2ccc(C(C)(C)C)cc32)cc1. The molecule has 4 heteroatoms. The molecule has 0 saturated heterocycles. The Balaban J connectivity index is 1.39. The van der Waals surface area contributed by atoms with Crippen molar-refractivity contribution in [3.8, 4) is 16.8 Å². The van der Waals surface area contributed by atoms with Crippen molar-refractivity contribution in [2.24, 2.45) is 0 Å². The third-order valence-corrected chi connectivity index (χ3v) is 13.4. The number of hydrogen-bond acceptors (Lipinski definition) is 2. The normalized spacial score (nSPS) is 13.6. The summed E-state index contributed by atoms with van der Waals surface area (Å²) in [6.07, 6.45) is 0. The molecule has 2 aliphatic rings. The quantitative estimate of drug-likeness (QED) is 0.164. The summed E-state index contributed by atoms with van der Waals surface area (Å²) in [6.45, 7) is 25.3. The van der Waals surface area contributed by atoms with E-state index in [1.807, 2.05) is 0 Å². The maximum atomic E-state index is 2.62. The number of fused-ring (bicyclic) bond motifs is 6. The molecule has 0 unspecified atom stereocenters. The van der Waals surface area contributed by atoms with Crippen molar-refractivity contribution in [3.63, 3.8) is 0 Å². The lowest BCUT2D eigenvalue weighted by atomic mass is 9.33. The largest absolute Gasteiger partial charge is 0.311 e. The Morgan fingerprint density at radius 2 is 1.00 bits per heavy atom. The van der Waals surface area contributed by atoms with Crippen LogP contribution in [0, 0.1) is 13.8 Å². The highest BCUT2D eigenvalue weighted by Crippen LogP contribution is 2.49. The van der Waals surface area contributed by atoms with Crippen LogP contribution in [0.3, 0.4) is 0 Å². The molecule has 10 rings (SSSR count). The van der Waals surface area contributed by atoms with Gasteiger partial charge < -0.3 is 4.90 Å². The standard InChI is InChI=1S/C58H58BN3/c1-37-21-23-39(24-22-37)45-19-15-16-20-48(45)62-52-34-38(2)33-51-54(52)59(53-46-35-41(57(6,7)8)27-31-49(46)61(55(53)62)43-17-13-12-14-18-43)47-36-42(58(9,10)11)28-32-50(47)60(51)44-29-25-40(26-30-44)56(3,4)5/h12-36H,1-11H3. The summed E-state index contributed by atoms with van der Waals surface area (Å²) in [4.78, 5) is 5.18. The highest BCUT2D eigenvalue weighted by molar-refractivity contribution is 7.01. The zero-order chi connectivity index (χ0) is 43.5. The van der Waals surface area contributed by atoms with Gasteiger partial charge >= 0.3 is 0 Å². The van der Waals surface area contributed by atoms with Crippen LogP contribution >= 0.6 is 0 Å². The highest BCUT2D eigenvalue weighted by Gasteiger charge is 2.47. The summed E-state index contributed by atoms with van der Waals surface area (Å²) in [6, 6.07) is 57.9. The van der Waals surface area contributed by atoms with E-state index in [4.69, 9.17) is 0 Å². The second-order valence-electron chi connectivity index (χ2n) is 20.9. The summed E-state index contributed by atoms with van der Waals surface area (Å²) < 4.78 is 2.55. The molecule has 7 aromatic carbocycles. The Labute approximate surface area is 369 Å². The maximum Gasteiger partial charge on any atom is 0.255 e. The topological polar surface area (TPSA) is 11.4 Å². The Morgan fingerprint density at radius 3 is 1.66 bits per heavy atom. The van der Waals surface area contributed by atoms with Gasteiger partial charge in [-0.2, -0.15) is 0 Å². The highest BCUT2D eigenvalue weighted by atomic mass is 15.3. The van der Waals surface area contributed by atoms with Gasteiger partial charge in [-0.25, -0.2) is 0 Å². The van der Waals surface area contributed by atoms with Gasteiger partial charge in [-0.3, -0.25) is 9.47 Å². The minimum Gasteiger partial charge on any atom is -0.311 e. The molecule has 0 N–H and O–H groups in total. The van der Waals surface area contributed by atoms with E-state index in [-0.39, 0.29) is 23.0 Å². The predicted molar refractivity (Wildman–Crippen MR) is 268 cm³/mol. The Bertz CT molecular complexity index is 3020. The predicted octanol–water partition coefficient (Wildman–Crippen LogP) is 13.9. The summed E-state index contributed by atoms with van der Waals surface area (Å²) in [7, 11) is 0. The molecule has 2 aliphatic heterocycles. The van der Waals surface area contributed by atoms with Gasteiger partial charge in [0, 0.05) is 34.0 Å². The summed E-state index contributed by atoms with van der Waals surface area (Å²) >= 11 is 0. The first-order valence-corrected chi connectivity index (χ1v) is 22.4. The van der Waals surface area contributed by atoms with E-state index in [9.17, 15) is 0 Å². The Kier molecular flexibility index (Phi) is 9.09. The smallest absolute Gasteiger partial charge is 0.255 e. The van der Waals surface area contributed by atoms with Crippen molar-refractivity contribution in [2.45, 2.75) is 92.4 Å². The monoisotopic (exact) mass is 807 g/mol. The number of benzene rings is 7. The van der Waals surface area contributed by atoms with E-state index in [0.29, 0.717) is 0 Å². The number of aryl methyl sites for hydroxylation is 2. The molecular weight excluding hydrogens is 749 g/mol. The third-order valence-electron chi connectivity index (χ3n) is 13.4. The molecule has 0 atom stereocenters. The molecule has 0 amide bonds. The third kappa shape index (κ3) is 6.41. The number of rotatable bonds is 4. The summed E-state index contributed by atoms with van der Waals surface area (Å²) in [5.74, 6) is 1.20. The molecule has 1 aromatic heterocycles. The molecule has 308 valence electrons. The van der Waals surface area contributed by atoms with E-state index < -0.39 is 0 Å². The zero-order valence-corrected chi connectivity index (χ0v) is 38.4. The number of hydrogen-bond donors (Lipinski definition) is 0. The first-order valence-electron chi connectivity index (χ1n) is 22.4. The van der Waals surface area contributed by atoms with Crippen LogP contribution in [-0.2, 0) is 16.2 Å². The molecule has 62 heavy (non-hydrogen) atoms. The average Bonchev–Trinajstić information content (AvgIpc) is 3.57. The lowest BCUT2D eigenvalue weighted by Gasteiger charge is -2.44. The van der Waals surface area contributed by atoms with Gasteiger partial charge in [0.2, 0.25) is 0 Å². The van der Waals surface area contributed by atoms with Gasteiger partial charge in [0.25, 0.3) is 6.71 Å². The van der Waals surface area contributed by atoms with Crippen LogP contribution in [0.25, 0.3) is 27.7 Å². The Hall–Kier alpha value is -6.26. The molecule has 0 bridgehead atoms. The lowest BCUT2D eigenvalue weighted by Crippen LogP contribution is -2.61. The summed E-state index contributed by atoms with van der Waals surface area (Å²) in [5.41, 5.74) is 21.3. The number of para-hydroxylation sites is 2. The van der Waals surface area contributed by atoms with E-state index >= 15 is 0 Å². The van der Waals surface area contributed by atoms with Crippen LogP contribution in [-0.4, -0.2) is 11.3 Å². The fraction of sp³-hybridized carbons (Fsp3) is 0.241. The van der Waals surface area contributed by atoms with Gasteiger partial charge in [-0.1, -0.05) is 159 Å². The van der Waals surface area contributed by atoms with E-state index in [0.717, 1.165) is 11.4 Å². The van der Waals surface area contributed by atoms with Crippen LogP contribution in [0.4, 0.5) is 34.3 Å². The van der Waals surface area contributed by atoms with Crippen molar-refractivity contribution in [2.75, 3.05) is 9.80 Å². The van der Waals surface area contributed by atoms with Crippen LogP contribution in [0.2, 0.25) is 0 Å². The summed E-state index contributed by atoms with van der Waals surface area (Å²) in [5, 5.41) is 1.30. The second-order valence-corrected chi connectivity index (χ2v) is 20.9. The van der Waals surface area contributed by atoms with Crippen molar-refractivity contribution >= 4 is 68.3 Å². The molecule has 0 spiro atoms. The van der Waals surface area contributed by atoms with Gasteiger partial charge in [0.05, 0.1) is 11.2 Å². The molecule has 0 fully saturated rings. The van der Waals surface area contributed by atoms with Gasteiger partial charge in [-0.05, 0) is 140 Å². The van der Waals surface area contributed by atoms with Crippen molar-refractivity contribution in [1.29, 1.82) is 0 Å². The van der Waals surface area contributed by atoms with Crippen molar-refractivity contribution in [1.82, 2.24) is 4.57 Å².